The lowest BCUT2D eigenvalue weighted by molar-refractivity contribution is -0.385. The van der Waals surface area contributed by atoms with E-state index in [1.54, 1.807) is 12.1 Å². The van der Waals surface area contributed by atoms with Crippen LogP contribution in [0.5, 0.6) is 0 Å². The first-order valence-electron chi connectivity index (χ1n) is 5.19. The molecule has 0 aliphatic carbocycles. The van der Waals surface area contributed by atoms with E-state index in [2.05, 4.69) is 6.92 Å². The lowest BCUT2D eigenvalue weighted by Gasteiger charge is -2.18. The van der Waals surface area contributed by atoms with Gasteiger partial charge in [0.05, 0.1) is 17.1 Å². The van der Waals surface area contributed by atoms with Crippen LogP contribution in [0.4, 0.5) is 11.4 Å². The van der Waals surface area contributed by atoms with Gasteiger partial charge in [0.1, 0.15) is 0 Å². The molecule has 0 aromatic heterocycles. The third-order valence-corrected chi connectivity index (χ3v) is 2.43. The first-order chi connectivity index (χ1) is 7.60. The number of anilines is 1. The molecule has 0 amide bonds. The zero-order chi connectivity index (χ0) is 12.1. The zero-order valence-electron chi connectivity index (χ0n) is 9.51. The van der Waals surface area contributed by atoms with Gasteiger partial charge < -0.3 is 10.0 Å². The summed E-state index contributed by atoms with van der Waals surface area (Å²) in [6.45, 7) is 2.63. The molecule has 0 atom stereocenters. The molecule has 0 unspecified atom stereocenters. The summed E-state index contributed by atoms with van der Waals surface area (Å²) in [6.07, 6.45) is 1.00. The number of rotatable bonds is 5. The Morgan fingerprint density at radius 2 is 2.19 bits per heavy atom. The minimum absolute atomic E-state index is 0.0313. The maximum absolute atomic E-state index is 10.7. The molecule has 88 valence electrons. The van der Waals surface area contributed by atoms with Crippen LogP contribution in [-0.4, -0.2) is 23.6 Å². The molecule has 5 nitrogen and oxygen atoms in total. The Hall–Kier alpha value is -1.62. The van der Waals surface area contributed by atoms with Crippen molar-refractivity contribution in [3.63, 3.8) is 0 Å². The summed E-state index contributed by atoms with van der Waals surface area (Å²) < 4.78 is 0. The Kier molecular flexibility index (Phi) is 4.25. The van der Waals surface area contributed by atoms with Crippen LogP contribution in [0.15, 0.2) is 18.2 Å². The van der Waals surface area contributed by atoms with Gasteiger partial charge in [0.15, 0.2) is 0 Å². The van der Waals surface area contributed by atoms with E-state index in [1.807, 2.05) is 11.9 Å². The summed E-state index contributed by atoms with van der Waals surface area (Å²) in [5, 5.41) is 19.7. The highest BCUT2D eigenvalue weighted by Gasteiger charge is 2.14. The fraction of sp³-hybridized carbons (Fsp3) is 0.455. The van der Waals surface area contributed by atoms with Crippen LogP contribution in [0, 0.1) is 10.1 Å². The molecule has 1 rings (SSSR count). The van der Waals surface area contributed by atoms with Crippen LogP contribution in [0.2, 0.25) is 0 Å². The molecule has 0 radical (unpaired) electrons. The van der Waals surface area contributed by atoms with Crippen LogP contribution in [0.25, 0.3) is 0 Å². The normalized spacial score (nSPS) is 10.2. The molecule has 0 bridgehead atoms. The molecule has 0 saturated carbocycles. The minimum Gasteiger partial charge on any atom is -0.391 e. The summed E-state index contributed by atoms with van der Waals surface area (Å²) in [5.74, 6) is 0. The highest BCUT2D eigenvalue weighted by Crippen LogP contribution is 2.24. The van der Waals surface area contributed by atoms with Gasteiger partial charge in [-0.15, -0.1) is 0 Å². The fourth-order valence-corrected chi connectivity index (χ4v) is 1.58. The van der Waals surface area contributed by atoms with Crippen molar-refractivity contribution >= 4 is 11.4 Å². The number of benzene rings is 1. The molecular formula is C11H16N2O3. The molecule has 16 heavy (non-hydrogen) atoms. The number of nitro benzene ring substituents is 1. The Balaban J connectivity index is 3.03. The molecule has 5 heteroatoms. The molecule has 0 spiro atoms. The van der Waals surface area contributed by atoms with E-state index < -0.39 is 4.92 Å². The van der Waals surface area contributed by atoms with Crippen molar-refractivity contribution in [3.8, 4) is 0 Å². The molecule has 0 aliphatic rings. The van der Waals surface area contributed by atoms with Gasteiger partial charge in [0.25, 0.3) is 5.69 Å². The van der Waals surface area contributed by atoms with Crippen LogP contribution in [-0.2, 0) is 6.61 Å². The molecule has 0 fully saturated rings. The summed E-state index contributed by atoms with van der Waals surface area (Å²) >= 11 is 0. The van der Waals surface area contributed by atoms with E-state index in [4.69, 9.17) is 5.11 Å². The first-order valence-corrected chi connectivity index (χ1v) is 5.19. The Morgan fingerprint density at radius 1 is 1.50 bits per heavy atom. The zero-order valence-corrected chi connectivity index (χ0v) is 9.51. The molecule has 0 saturated heterocycles. The predicted molar refractivity (Wildman–Crippen MR) is 62.6 cm³/mol. The molecule has 0 heterocycles. The van der Waals surface area contributed by atoms with Crippen molar-refractivity contribution in [2.45, 2.75) is 20.0 Å². The van der Waals surface area contributed by atoms with Gasteiger partial charge in [-0.05, 0) is 18.6 Å². The van der Waals surface area contributed by atoms with Crippen molar-refractivity contribution in [3.05, 3.63) is 33.9 Å². The maximum Gasteiger partial charge on any atom is 0.275 e. The lowest BCUT2D eigenvalue weighted by Crippen LogP contribution is -2.17. The van der Waals surface area contributed by atoms with Gasteiger partial charge in [-0.1, -0.05) is 6.92 Å². The fourth-order valence-electron chi connectivity index (χ4n) is 1.58. The monoisotopic (exact) mass is 224 g/mol. The topological polar surface area (TPSA) is 66.6 Å². The number of aliphatic hydroxyl groups is 1. The van der Waals surface area contributed by atoms with Crippen molar-refractivity contribution in [1.29, 1.82) is 0 Å². The predicted octanol–water partition coefficient (Wildman–Crippen LogP) is 1.93. The Morgan fingerprint density at radius 3 is 2.69 bits per heavy atom. The smallest absolute Gasteiger partial charge is 0.275 e. The van der Waals surface area contributed by atoms with Gasteiger partial charge in [0, 0.05) is 25.3 Å². The lowest BCUT2D eigenvalue weighted by atomic mass is 10.1. The van der Waals surface area contributed by atoms with Crippen molar-refractivity contribution in [2.75, 3.05) is 18.5 Å². The molecule has 1 N–H and O–H groups in total. The largest absolute Gasteiger partial charge is 0.391 e. The third kappa shape index (κ3) is 2.70. The quantitative estimate of drug-likeness (QED) is 0.613. The number of nitrogens with zero attached hydrogens (tertiary/aromatic N) is 2. The average Bonchev–Trinajstić information content (AvgIpc) is 2.28. The summed E-state index contributed by atoms with van der Waals surface area (Å²) in [5.41, 5.74) is 1.21. The van der Waals surface area contributed by atoms with E-state index in [-0.39, 0.29) is 12.3 Å². The van der Waals surface area contributed by atoms with Crippen molar-refractivity contribution in [1.82, 2.24) is 0 Å². The van der Waals surface area contributed by atoms with E-state index in [0.717, 1.165) is 18.7 Å². The van der Waals surface area contributed by atoms with E-state index in [0.29, 0.717) is 5.56 Å². The number of nitro groups is 1. The van der Waals surface area contributed by atoms with Crippen molar-refractivity contribution in [2.24, 2.45) is 0 Å². The van der Waals surface area contributed by atoms with E-state index in [9.17, 15) is 10.1 Å². The number of hydrogen-bond donors (Lipinski definition) is 1. The summed E-state index contributed by atoms with van der Waals surface area (Å²) in [6, 6.07) is 4.80. The van der Waals surface area contributed by atoms with Crippen molar-refractivity contribution < 1.29 is 10.0 Å². The second kappa shape index (κ2) is 5.46. The highest BCUT2D eigenvalue weighted by atomic mass is 16.6. The molecule has 1 aromatic rings. The van der Waals surface area contributed by atoms with Crippen LogP contribution >= 0.6 is 0 Å². The van der Waals surface area contributed by atoms with E-state index in [1.165, 1.54) is 6.07 Å². The first kappa shape index (κ1) is 12.4. The van der Waals surface area contributed by atoms with Gasteiger partial charge >= 0.3 is 0 Å². The average molecular weight is 224 g/mol. The number of aliphatic hydroxyl groups excluding tert-OH is 1. The van der Waals surface area contributed by atoms with Gasteiger partial charge in [-0.25, -0.2) is 0 Å². The third-order valence-electron chi connectivity index (χ3n) is 2.43. The minimum atomic E-state index is -0.477. The maximum atomic E-state index is 10.7. The highest BCUT2D eigenvalue weighted by molar-refractivity contribution is 5.55. The van der Waals surface area contributed by atoms with Gasteiger partial charge in [0.2, 0.25) is 0 Å². The van der Waals surface area contributed by atoms with E-state index >= 15 is 0 Å². The van der Waals surface area contributed by atoms with Crippen LogP contribution in [0.3, 0.4) is 0 Å². The second-order valence-corrected chi connectivity index (χ2v) is 3.65. The molecule has 1 aromatic carbocycles. The standard InChI is InChI=1S/C11H16N2O3/c1-3-6-12(2)10-4-5-11(13(15)16)9(7-10)8-14/h4-5,7,14H,3,6,8H2,1-2H3. The van der Waals surface area contributed by atoms with Gasteiger partial charge in [-0.3, -0.25) is 10.1 Å². The summed E-state index contributed by atoms with van der Waals surface area (Å²) in [4.78, 5) is 12.2. The SMILES string of the molecule is CCCN(C)c1ccc([N+](=O)[O-])c(CO)c1. The molecule has 0 aliphatic heterocycles. The summed E-state index contributed by atoms with van der Waals surface area (Å²) in [7, 11) is 1.92. The Labute approximate surface area is 94.5 Å². The second-order valence-electron chi connectivity index (χ2n) is 3.65. The van der Waals surface area contributed by atoms with Crippen LogP contribution < -0.4 is 4.90 Å². The molecular weight excluding hydrogens is 208 g/mol. The van der Waals surface area contributed by atoms with Crippen LogP contribution in [0.1, 0.15) is 18.9 Å². The Bertz CT molecular complexity index is 379. The number of hydrogen-bond acceptors (Lipinski definition) is 4. The van der Waals surface area contributed by atoms with Gasteiger partial charge in [-0.2, -0.15) is 0 Å².